The maximum Gasteiger partial charge on any atom is 0.119 e. The molecule has 0 atom stereocenters. The van der Waals surface area contributed by atoms with Crippen LogP contribution in [0.4, 0.5) is 0 Å². The van der Waals surface area contributed by atoms with Crippen LogP contribution in [0.1, 0.15) is 19.3 Å². The molecule has 1 aromatic carbocycles. The molecule has 17 heavy (non-hydrogen) atoms. The van der Waals surface area contributed by atoms with Crippen LogP contribution < -0.4 is 10.1 Å². The zero-order valence-corrected chi connectivity index (χ0v) is 9.98. The lowest BCUT2D eigenvalue weighted by molar-refractivity contribution is 0.307. The van der Waals surface area contributed by atoms with Gasteiger partial charge in [-0.3, -0.25) is 0 Å². The van der Waals surface area contributed by atoms with E-state index in [2.05, 4.69) is 11.4 Å². The highest BCUT2D eigenvalue weighted by Gasteiger charge is 2.41. The van der Waals surface area contributed by atoms with Crippen molar-refractivity contribution in [1.82, 2.24) is 5.32 Å². The van der Waals surface area contributed by atoms with Gasteiger partial charge in [0.1, 0.15) is 12.4 Å². The number of hydrogen-bond acceptors (Lipinski definition) is 3. The van der Waals surface area contributed by atoms with E-state index in [0.29, 0.717) is 13.0 Å². The average Bonchev–Trinajstić information content (AvgIpc) is 3.11. The van der Waals surface area contributed by atoms with Crippen LogP contribution in [0.2, 0.25) is 0 Å². The number of nitriles is 1. The first-order chi connectivity index (χ1) is 8.35. The lowest BCUT2D eigenvalue weighted by Crippen LogP contribution is -2.27. The minimum atomic E-state index is 0.279. The van der Waals surface area contributed by atoms with E-state index in [4.69, 9.17) is 10.00 Å². The minimum Gasteiger partial charge on any atom is -0.492 e. The number of ether oxygens (including phenoxy) is 1. The standard InChI is InChI=1S/C14H18N2O/c15-9-8-14(6-7-14)12-16-10-11-17-13-4-2-1-3-5-13/h1-5,16H,6-8,10-12H2. The molecule has 1 aliphatic rings. The van der Waals surface area contributed by atoms with Gasteiger partial charge in [-0.25, -0.2) is 0 Å². The van der Waals surface area contributed by atoms with E-state index >= 15 is 0 Å². The van der Waals surface area contributed by atoms with Gasteiger partial charge in [-0.15, -0.1) is 0 Å². The molecule has 3 nitrogen and oxygen atoms in total. The molecule has 0 aromatic heterocycles. The second-order valence-electron chi connectivity index (χ2n) is 4.67. The van der Waals surface area contributed by atoms with Gasteiger partial charge in [-0.2, -0.15) is 5.26 Å². The van der Waals surface area contributed by atoms with Crippen molar-refractivity contribution >= 4 is 0 Å². The largest absolute Gasteiger partial charge is 0.492 e. The molecule has 1 aromatic rings. The summed E-state index contributed by atoms with van der Waals surface area (Å²) in [6.45, 7) is 2.45. The van der Waals surface area contributed by atoms with Crippen LogP contribution in [0.3, 0.4) is 0 Å². The molecule has 1 saturated carbocycles. The average molecular weight is 230 g/mol. The van der Waals surface area contributed by atoms with Gasteiger partial charge >= 0.3 is 0 Å². The molecule has 0 radical (unpaired) electrons. The molecular weight excluding hydrogens is 212 g/mol. The predicted molar refractivity (Wildman–Crippen MR) is 66.7 cm³/mol. The summed E-state index contributed by atoms with van der Waals surface area (Å²) in [5.41, 5.74) is 0.279. The molecule has 0 bridgehead atoms. The Morgan fingerprint density at radius 2 is 2.06 bits per heavy atom. The maximum atomic E-state index is 8.69. The van der Waals surface area contributed by atoms with Crippen molar-refractivity contribution in [1.29, 1.82) is 5.26 Å². The van der Waals surface area contributed by atoms with Crippen molar-refractivity contribution in [2.45, 2.75) is 19.3 Å². The first-order valence-corrected chi connectivity index (χ1v) is 6.10. The lowest BCUT2D eigenvalue weighted by atomic mass is 10.0. The predicted octanol–water partition coefficient (Wildman–Crippen LogP) is 2.35. The number of nitrogens with zero attached hydrogens (tertiary/aromatic N) is 1. The van der Waals surface area contributed by atoms with Crippen molar-refractivity contribution in [3.63, 3.8) is 0 Å². The smallest absolute Gasteiger partial charge is 0.119 e. The third kappa shape index (κ3) is 3.76. The van der Waals surface area contributed by atoms with Crippen LogP contribution in [-0.4, -0.2) is 19.7 Å². The number of para-hydroxylation sites is 1. The van der Waals surface area contributed by atoms with Gasteiger partial charge in [0, 0.05) is 19.5 Å². The van der Waals surface area contributed by atoms with E-state index in [0.717, 1.165) is 18.8 Å². The molecule has 0 saturated heterocycles. The molecule has 1 fully saturated rings. The molecule has 3 heteroatoms. The fraction of sp³-hybridized carbons (Fsp3) is 0.500. The van der Waals surface area contributed by atoms with Crippen molar-refractivity contribution in [3.8, 4) is 11.8 Å². The van der Waals surface area contributed by atoms with E-state index in [-0.39, 0.29) is 5.41 Å². The molecule has 0 spiro atoms. The first-order valence-electron chi connectivity index (χ1n) is 6.10. The highest BCUT2D eigenvalue weighted by atomic mass is 16.5. The lowest BCUT2D eigenvalue weighted by Gasteiger charge is -2.12. The topological polar surface area (TPSA) is 45.0 Å². The van der Waals surface area contributed by atoms with Crippen molar-refractivity contribution in [2.24, 2.45) is 5.41 Å². The summed E-state index contributed by atoms with van der Waals surface area (Å²) in [6.07, 6.45) is 3.06. The molecule has 0 amide bonds. The summed E-state index contributed by atoms with van der Waals surface area (Å²) in [7, 11) is 0. The monoisotopic (exact) mass is 230 g/mol. The van der Waals surface area contributed by atoms with Crippen LogP contribution >= 0.6 is 0 Å². The van der Waals surface area contributed by atoms with E-state index in [1.807, 2.05) is 30.3 Å². The summed E-state index contributed by atoms with van der Waals surface area (Å²) in [4.78, 5) is 0. The molecular formula is C14H18N2O. The van der Waals surface area contributed by atoms with Crippen LogP contribution in [0.5, 0.6) is 5.75 Å². The molecule has 90 valence electrons. The van der Waals surface area contributed by atoms with Gasteiger partial charge in [0.2, 0.25) is 0 Å². The molecule has 1 aliphatic carbocycles. The summed E-state index contributed by atoms with van der Waals surface area (Å²) in [6, 6.07) is 12.1. The number of benzene rings is 1. The maximum absolute atomic E-state index is 8.69. The Balaban J connectivity index is 1.57. The van der Waals surface area contributed by atoms with Crippen LogP contribution in [-0.2, 0) is 0 Å². The van der Waals surface area contributed by atoms with Gasteiger partial charge in [0.25, 0.3) is 0 Å². The van der Waals surface area contributed by atoms with Crippen LogP contribution in [0, 0.1) is 16.7 Å². The Kier molecular flexibility index (Phi) is 4.00. The van der Waals surface area contributed by atoms with Crippen molar-refractivity contribution < 1.29 is 4.74 Å². The quantitative estimate of drug-likeness (QED) is 0.731. The summed E-state index contributed by atoms with van der Waals surface area (Å²) >= 11 is 0. The third-order valence-electron chi connectivity index (χ3n) is 3.20. The second-order valence-corrected chi connectivity index (χ2v) is 4.67. The van der Waals surface area contributed by atoms with Crippen LogP contribution in [0.15, 0.2) is 30.3 Å². The van der Waals surface area contributed by atoms with Gasteiger partial charge in [-0.05, 0) is 30.4 Å². The normalized spacial score (nSPS) is 16.2. The third-order valence-corrected chi connectivity index (χ3v) is 3.20. The Morgan fingerprint density at radius 3 is 2.71 bits per heavy atom. The molecule has 2 rings (SSSR count). The van der Waals surface area contributed by atoms with Gasteiger partial charge in [0.15, 0.2) is 0 Å². The zero-order valence-electron chi connectivity index (χ0n) is 9.98. The number of hydrogen-bond donors (Lipinski definition) is 1. The highest BCUT2D eigenvalue weighted by Crippen LogP contribution is 2.47. The van der Waals surface area contributed by atoms with Gasteiger partial charge in [0.05, 0.1) is 6.07 Å². The van der Waals surface area contributed by atoms with Crippen molar-refractivity contribution in [3.05, 3.63) is 30.3 Å². The van der Waals surface area contributed by atoms with Crippen molar-refractivity contribution in [2.75, 3.05) is 19.7 Å². The fourth-order valence-electron chi connectivity index (χ4n) is 1.87. The van der Waals surface area contributed by atoms with E-state index in [1.54, 1.807) is 0 Å². The Bertz CT molecular complexity index is 379. The van der Waals surface area contributed by atoms with Gasteiger partial charge in [-0.1, -0.05) is 18.2 Å². The van der Waals surface area contributed by atoms with E-state index in [9.17, 15) is 0 Å². The molecule has 0 unspecified atom stereocenters. The number of nitrogens with one attached hydrogen (secondary N) is 1. The molecule has 1 N–H and O–H groups in total. The summed E-state index contributed by atoms with van der Waals surface area (Å²) in [5.74, 6) is 0.910. The SMILES string of the molecule is N#CCC1(CNCCOc2ccccc2)CC1. The van der Waals surface area contributed by atoms with E-state index < -0.39 is 0 Å². The molecule has 0 heterocycles. The number of rotatable bonds is 7. The Morgan fingerprint density at radius 1 is 1.29 bits per heavy atom. The van der Waals surface area contributed by atoms with Gasteiger partial charge < -0.3 is 10.1 Å². The fourth-order valence-corrected chi connectivity index (χ4v) is 1.87. The zero-order chi connectivity index (χ0) is 12.0. The Hall–Kier alpha value is -1.53. The molecule has 0 aliphatic heterocycles. The second kappa shape index (κ2) is 5.70. The van der Waals surface area contributed by atoms with E-state index in [1.165, 1.54) is 12.8 Å². The summed E-state index contributed by atoms with van der Waals surface area (Å²) in [5, 5.41) is 12.1. The minimum absolute atomic E-state index is 0.279. The Labute approximate surface area is 102 Å². The highest BCUT2D eigenvalue weighted by molar-refractivity contribution is 5.20. The summed E-state index contributed by atoms with van der Waals surface area (Å²) < 4.78 is 5.57. The van der Waals surface area contributed by atoms with Crippen LogP contribution in [0.25, 0.3) is 0 Å². The first kappa shape index (κ1) is 11.9.